The van der Waals surface area contributed by atoms with Crippen molar-refractivity contribution in [3.63, 3.8) is 0 Å². The third kappa shape index (κ3) is 2.85. The van der Waals surface area contributed by atoms with Gasteiger partial charge < -0.3 is 15.7 Å². The number of rotatable bonds is 3. The standard InChI is InChI=1S/C12H15N3O3/c1-7-5-4-6-8(2)10(7)13-12(16)11(15-18)9(3)14-17/h4-6,17-18H,1-3H3,(H,13,16)/b14-9+,15-11-. The van der Waals surface area contributed by atoms with Crippen LogP contribution in [0.3, 0.4) is 0 Å². The molecule has 0 aromatic heterocycles. The molecule has 6 heteroatoms. The third-order valence-electron chi connectivity index (χ3n) is 2.53. The summed E-state index contributed by atoms with van der Waals surface area (Å²) in [6.45, 7) is 5.07. The molecule has 0 aliphatic rings. The van der Waals surface area contributed by atoms with E-state index in [1.807, 2.05) is 32.0 Å². The van der Waals surface area contributed by atoms with Crippen molar-refractivity contribution in [3.8, 4) is 0 Å². The summed E-state index contributed by atoms with van der Waals surface area (Å²) in [6, 6.07) is 5.58. The highest BCUT2D eigenvalue weighted by Crippen LogP contribution is 2.19. The second-order valence-electron chi connectivity index (χ2n) is 3.85. The monoisotopic (exact) mass is 249 g/mol. The lowest BCUT2D eigenvalue weighted by Crippen LogP contribution is -2.29. The molecular weight excluding hydrogens is 234 g/mol. The zero-order chi connectivity index (χ0) is 13.7. The van der Waals surface area contributed by atoms with Crippen LogP contribution in [0.25, 0.3) is 0 Å². The fraction of sp³-hybridized carbons (Fsp3) is 0.250. The van der Waals surface area contributed by atoms with Gasteiger partial charge in [0, 0.05) is 5.69 Å². The summed E-state index contributed by atoms with van der Waals surface area (Å²) < 4.78 is 0. The Kier molecular flexibility index (Phi) is 4.42. The molecule has 0 heterocycles. The number of oxime groups is 2. The van der Waals surface area contributed by atoms with Crippen molar-refractivity contribution in [1.82, 2.24) is 0 Å². The Labute approximate surface area is 105 Å². The number of hydrogen-bond donors (Lipinski definition) is 3. The molecule has 0 saturated heterocycles. The van der Waals surface area contributed by atoms with E-state index in [0.717, 1.165) is 11.1 Å². The van der Waals surface area contributed by atoms with Gasteiger partial charge in [0.1, 0.15) is 5.71 Å². The molecule has 0 unspecified atom stereocenters. The molecule has 0 atom stereocenters. The van der Waals surface area contributed by atoms with Gasteiger partial charge in [0.2, 0.25) is 0 Å². The van der Waals surface area contributed by atoms with E-state index >= 15 is 0 Å². The molecule has 0 saturated carbocycles. The summed E-state index contributed by atoms with van der Waals surface area (Å²) in [7, 11) is 0. The third-order valence-corrected chi connectivity index (χ3v) is 2.53. The quantitative estimate of drug-likeness (QED) is 0.434. The van der Waals surface area contributed by atoms with E-state index in [-0.39, 0.29) is 11.4 Å². The zero-order valence-corrected chi connectivity index (χ0v) is 10.4. The van der Waals surface area contributed by atoms with Crippen molar-refractivity contribution in [1.29, 1.82) is 0 Å². The van der Waals surface area contributed by atoms with Gasteiger partial charge in [-0.25, -0.2) is 0 Å². The zero-order valence-electron chi connectivity index (χ0n) is 10.4. The van der Waals surface area contributed by atoms with E-state index in [4.69, 9.17) is 10.4 Å². The molecule has 0 radical (unpaired) electrons. The first kappa shape index (κ1) is 13.7. The highest BCUT2D eigenvalue weighted by atomic mass is 16.4. The maximum atomic E-state index is 11.9. The molecule has 18 heavy (non-hydrogen) atoms. The summed E-state index contributed by atoms with van der Waals surface area (Å²) in [6.07, 6.45) is 0. The van der Waals surface area contributed by atoms with E-state index in [1.165, 1.54) is 6.92 Å². The van der Waals surface area contributed by atoms with Crippen molar-refractivity contribution < 1.29 is 15.2 Å². The smallest absolute Gasteiger partial charge is 0.279 e. The number of nitrogens with zero attached hydrogens (tertiary/aromatic N) is 2. The Morgan fingerprint density at radius 2 is 1.72 bits per heavy atom. The van der Waals surface area contributed by atoms with Gasteiger partial charge in [-0.1, -0.05) is 28.5 Å². The minimum Gasteiger partial charge on any atom is -0.411 e. The van der Waals surface area contributed by atoms with Crippen LogP contribution < -0.4 is 5.32 Å². The number of carbonyl (C=O) groups is 1. The summed E-state index contributed by atoms with van der Waals surface area (Å²) >= 11 is 0. The van der Waals surface area contributed by atoms with Crippen molar-refractivity contribution in [2.24, 2.45) is 10.3 Å². The molecule has 1 amide bonds. The average molecular weight is 249 g/mol. The van der Waals surface area contributed by atoms with Crippen molar-refractivity contribution in [3.05, 3.63) is 29.3 Å². The van der Waals surface area contributed by atoms with Gasteiger partial charge in [-0.05, 0) is 31.9 Å². The molecule has 0 fully saturated rings. The first-order chi connectivity index (χ1) is 8.51. The van der Waals surface area contributed by atoms with Gasteiger partial charge in [0.05, 0.1) is 0 Å². The molecule has 0 aliphatic heterocycles. The Morgan fingerprint density at radius 1 is 1.17 bits per heavy atom. The molecular formula is C12H15N3O3. The van der Waals surface area contributed by atoms with E-state index in [1.54, 1.807) is 0 Å². The SMILES string of the molecule is CC(=N\O)/C(=N/O)C(=O)Nc1c(C)cccc1C. The lowest BCUT2D eigenvalue weighted by Gasteiger charge is -2.11. The second kappa shape index (κ2) is 5.81. The molecule has 0 aliphatic carbocycles. The van der Waals surface area contributed by atoms with Crippen LogP contribution in [-0.4, -0.2) is 27.7 Å². The van der Waals surface area contributed by atoms with Crippen LogP contribution >= 0.6 is 0 Å². The van der Waals surface area contributed by atoms with Gasteiger partial charge in [0.25, 0.3) is 5.91 Å². The lowest BCUT2D eigenvalue weighted by atomic mass is 10.1. The molecule has 1 aromatic carbocycles. The number of benzene rings is 1. The Hall–Kier alpha value is -2.37. The van der Waals surface area contributed by atoms with Crippen LogP contribution in [0.1, 0.15) is 18.1 Å². The highest BCUT2D eigenvalue weighted by Gasteiger charge is 2.17. The maximum absolute atomic E-state index is 11.9. The molecule has 6 nitrogen and oxygen atoms in total. The first-order valence-corrected chi connectivity index (χ1v) is 5.30. The van der Waals surface area contributed by atoms with Crippen molar-refractivity contribution in [2.45, 2.75) is 20.8 Å². The van der Waals surface area contributed by atoms with Gasteiger partial charge in [-0.2, -0.15) is 0 Å². The Bertz CT molecular complexity index is 501. The van der Waals surface area contributed by atoms with Gasteiger partial charge in [0.15, 0.2) is 5.71 Å². The van der Waals surface area contributed by atoms with E-state index < -0.39 is 5.91 Å². The number of anilines is 1. The summed E-state index contributed by atoms with van der Waals surface area (Å²) in [5.74, 6) is -0.634. The molecule has 3 N–H and O–H groups in total. The summed E-state index contributed by atoms with van der Waals surface area (Å²) in [5.41, 5.74) is 2.02. The maximum Gasteiger partial charge on any atom is 0.279 e. The number of carbonyl (C=O) groups excluding carboxylic acids is 1. The first-order valence-electron chi connectivity index (χ1n) is 5.30. The minimum absolute atomic E-state index is 0.0683. The topological polar surface area (TPSA) is 94.3 Å². The molecule has 1 aromatic rings. The second-order valence-corrected chi connectivity index (χ2v) is 3.85. The highest BCUT2D eigenvalue weighted by molar-refractivity contribution is 6.68. The predicted molar refractivity (Wildman–Crippen MR) is 68.7 cm³/mol. The van der Waals surface area contributed by atoms with Crippen LogP contribution in [0.2, 0.25) is 0 Å². The molecule has 96 valence electrons. The number of aryl methyl sites for hydroxylation is 2. The van der Waals surface area contributed by atoms with Gasteiger partial charge >= 0.3 is 0 Å². The molecule has 0 bridgehead atoms. The van der Waals surface area contributed by atoms with Gasteiger partial charge in [-0.3, -0.25) is 4.79 Å². The Balaban J connectivity index is 3.02. The number of nitrogens with one attached hydrogen (secondary N) is 1. The van der Waals surface area contributed by atoms with E-state index in [2.05, 4.69) is 15.6 Å². The number of hydrogen-bond acceptors (Lipinski definition) is 5. The fourth-order valence-corrected chi connectivity index (χ4v) is 1.51. The molecule has 1 rings (SSSR count). The van der Waals surface area contributed by atoms with E-state index in [9.17, 15) is 4.79 Å². The predicted octanol–water partition coefficient (Wildman–Crippen LogP) is 1.92. The van der Waals surface area contributed by atoms with Crippen molar-refractivity contribution in [2.75, 3.05) is 5.32 Å². The van der Waals surface area contributed by atoms with Crippen LogP contribution in [0, 0.1) is 13.8 Å². The summed E-state index contributed by atoms with van der Waals surface area (Å²) in [5, 5.41) is 25.6. The number of amides is 1. The Morgan fingerprint density at radius 3 is 2.17 bits per heavy atom. The lowest BCUT2D eigenvalue weighted by molar-refractivity contribution is -0.110. The summed E-state index contributed by atoms with van der Waals surface area (Å²) in [4.78, 5) is 11.9. The largest absolute Gasteiger partial charge is 0.411 e. The normalized spacial score (nSPS) is 12.4. The van der Waals surface area contributed by atoms with Crippen molar-refractivity contribution >= 4 is 23.0 Å². The van der Waals surface area contributed by atoms with E-state index in [0.29, 0.717) is 5.69 Å². The fourth-order valence-electron chi connectivity index (χ4n) is 1.51. The van der Waals surface area contributed by atoms with Gasteiger partial charge in [-0.15, -0.1) is 0 Å². The average Bonchev–Trinajstić information content (AvgIpc) is 2.34. The van der Waals surface area contributed by atoms with Crippen LogP contribution in [-0.2, 0) is 4.79 Å². The van der Waals surface area contributed by atoms with Crippen LogP contribution in [0.15, 0.2) is 28.5 Å². The van der Waals surface area contributed by atoms with Crippen LogP contribution in [0.5, 0.6) is 0 Å². The number of para-hydroxylation sites is 1. The molecule has 0 spiro atoms. The minimum atomic E-state index is -0.634. The van der Waals surface area contributed by atoms with Crippen LogP contribution in [0.4, 0.5) is 5.69 Å².